The Hall–Kier alpha value is -1.14. The zero-order chi connectivity index (χ0) is 34.9. The zero-order valence-electron chi connectivity index (χ0n) is 32.6. The topological polar surface area (TPSA) is 65.1 Å². The van der Waals surface area contributed by atoms with Gasteiger partial charge in [0.25, 0.3) is 0 Å². The Kier molecular flexibility index (Phi) is 30.9. The molecule has 48 heavy (non-hydrogen) atoms. The fourth-order valence-corrected chi connectivity index (χ4v) is 6.99. The number of nitrogens with zero attached hydrogens (tertiary/aromatic N) is 1. The number of likely N-dealkylation sites (tertiary alicyclic amines) is 1. The van der Waals surface area contributed by atoms with Crippen molar-refractivity contribution in [2.75, 3.05) is 40.0 Å². The molecule has 1 aliphatic heterocycles. The van der Waals surface area contributed by atoms with Crippen molar-refractivity contribution in [3.8, 4) is 0 Å². The van der Waals surface area contributed by atoms with Crippen LogP contribution < -0.4 is 0 Å². The fourth-order valence-electron chi connectivity index (χ4n) is 6.99. The lowest BCUT2D eigenvalue weighted by Gasteiger charge is -2.35. The number of ether oxygens (including phenoxy) is 3. The van der Waals surface area contributed by atoms with Gasteiger partial charge in [0, 0.05) is 19.6 Å². The van der Waals surface area contributed by atoms with Crippen LogP contribution in [0.4, 0.5) is 0 Å². The molecule has 0 aromatic carbocycles. The van der Waals surface area contributed by atoms with Crippen molar-refractivity contribution >= 4 is 11.9 Å². The molecule has 0 spiro atoms. The van der Waals surface area contributed by atoms with E-state index in [9.17, 15) is 9.59 Å². The van der Waals surface area contributed by atoms with E-state index in [2.05, 4.69) is 32.7 Å². The average Bonchev–Trinajstić information content (AvgIpc) is 3.08. The molecule has 0 saturated carbocycles. The zero-order valence-corrected chi connectivity index (χ0v) is 32.6. The number of carbonyl (C=O) groups excluding carboxylic acids is 2. The monoisotopic (exact) mass is 680 g/mol. The normalized spacial score (nSPS) is 17.4. The van der Waals surface area contributed by atoms with Crippen LogP contribution >= 0.6 is 0 Å². The minimum absolute atomic E-state index is 0.0155. The summed E-state index contributed by atoms with van der Waals surface area (Å²) in [6, 6.07) is 0. The maximum atomic E-state index is 12.9. The lowest BCUT2D eigenvalue weighted by molar-refractivity contribution is -0.158. The van der Waals surface area contributed by atoms with Crippen molar-refractivity contribution in [3.05, 3.63) is 0 Å². The maximum absolute atomic E-state index is 12.9. The van der Waals surface area contributed by atoms with Crippen LogP contribution in [-0.2, 0) is 23.8 Å². The lowest BCUT2D eigenvalue weighted by atomic mass is 9.94. The molecule has 3 unspecified atom stereocenters. The summed E-state index contributed by atoms with van der Waals surface area (Å²) in [4.78, 5) is 27.5. The molecule has 1 rings (SSSR count). The highest BCUT2D eigenvalue weighted by Gasteiger charge is 2.34. The summed E-state index contributed by atoms with van der Waals surface area (Å²) in [7, 11) is 2.12. The first-order valence-corrected chi connectivity index (χ1v) is 21.1. The van der Waals surface area contributed by atoms with Crippen LogP contribution in [0.25, 0.3) is 0 Å². The molecule has 6 nitrogen and oxygen atoms in total. The molecule has 3 atom stereocenters. The van der Waals surface area contributed by atoms with Gasteiger partial charge in [0.1, 0.15) is 0 Å². The van der Waals surface area contributed by atoms with Crippen molar-refractivity contribution < 1.29 is 23.8 Å². The second kappa shape index (κ2) is 33.0. The fraction of sp³-hybridized carbons (Fsp3) is 0.952. The Bertz CT molecular complexity index is 731. The molecule has 284 valence electrons. The number of esters is 2. The van der Waals surface area contributed by atoms with Crippen molar-refractivity contribution in [2.45, 2.75) is 207 Å². The van der Waals surface area contributed by atoms with Crippen LogP contribution in [0.5, 0.6) is 0 Å². The third-order valence-electron chi connectivity index (χ3n) is 10.3. The van der Waals surface area contributed by atoms with Gasteiger partial charge in [-0.15, -0.1) is 0 Å². The van der Waals surface area contributed by atoms with Crippen molar-refractivity contribution in [1.82, 2.24) is 4.90 Å². The molecule has 0 aromatic heterocycles. The minimum Gasteiger partial charge on any atom is -0.465 e. The molecule has 0 radical (unpaired) electrons. The lowest BCUT2D eigenvalue weighted by Crippen LogP contribution is -2.47. The van der Waals surface area contributed by atoms with E-state index >= 15 is 0 Å². The van der Waals surface area contributed by atoms with Crippen LogP contribution in [0.1, 0.15) is 201 Å². The molecule has 1 fully saturated rings. The predicted molar refractivity (Wildman–Crippen MR) is 202 cm³/mol. The summed E-state index contributed by atoms with van der Waals surface area (Å²) in [6.07, 6.45) is 33.4. The number of unbranched alkanes of at least 4 members (excludes halogenated alkanes) is 20. The summed E-state index contributed by atoms with van der Waals surface area (Å²) in [6.45, 7) is 10.4. The second-order valence-electron chi connectivity index (χ2n) is 15.0. The summed E-state index contributed by atoms with van der Waals surface area (Å²) >= 11 is 0. The Morgan fingerprint density at radius 1 is 0.604 bits per heavy atom. The SMILES string of the molecule is CCCCCCCCCCCCCOC1CN(C)CCC1C(=O)OCCCCCCCCCC(=O)OCC(CCCC)CCCCCC. The maximum Gasteiger partial charge on any atom is 0.311 e. The minimum atomic E-state index is -0.131. The first kappa shape index (κ1) is 44.9. The van der Waals surface area contributed by atoms with Gasteiger partial charge in [0.2, 0.25) is 0 Å². The van der Waals surface area contributed by atoms with Gasteiger partial charge in [0.15, 0.2) is 0 Å². The molecule has 0 aliphatic carbocycles. The number of likely N-dealkylation sites (N-methyl/N-ethyl adjacent to an activating group) is 1. The Labute approximate surface area is 298 Å². The molecule has 1 aliphatic rings. The number of carbonyl (C=O) groups is 2. The molecular formula is C42H81NO5. The van der Waals surface area contributed by atoms with Crippen LogP contribution in [0.15, 0.2) is 0 Å². The van der Waals surface area contributed by atoms with E-state index < -0.39 is 0 Å². The molecule has 0 N–H and O–H groups in total. The molecule has 6 heteroatoms. The number of piperidine rings is 1. The Balaban J connectivity index is 2.06. The quantitative estimate of drug-likeness (QED) is 0.0498. The highest BCUT2D eigenvalue weighted by atomic mass is 16.5. The summed E-state index contributed by atoms with van der Waals surface area (Å²) in [5, 5.41) is 0. The van der Waals surface area contributed by atoms with Gasteiger partial charge in [-0.3, -0.25) is 9.59 Å². The van der Waals surface area contributed by atoms with Gasteiger partial charge in [-0.2, -0.15) is 0 Å². The standard InChI is InChI=1S/C42H81NO5/c1-5-8-11-13-14-15-16-17-20-23-27-34-46-40-36-43(4)33-32-39(40)42(45)47-35-28-24-21-18-19-22-26-31-41(44)48-37-38(29-10-7-3)30-25-12-9-6-2/h38-40H,5-37H2,1-4H3. The van der Waals surface area contributed by atoms with E-state index in [-0.39, 0.29) is 24.0 Å². The third-order valence-corrected chi connectivity index (χ3v) is 10.3. The van der Waals surface area contributed by atoms with Crippen molar-refractivity contribution in [3.63, 3.8) is 0 Å². The van der Waals surface area contributed by atoms with Crippen LogP contribution in [0.2, 0.25) is 0 Å². The molecule has 1 saturated heterocycles. The van der Waals surface area contributed by atoms with E-state index in [1.165, 1.54) is 122 Å². The molecule has 0 amide bonds. The Morgan fingerprint density at radius 3 is 1.71 bits per heavy atom. The van der Waals surface area contributed by atoms with Gasteiger partial charge in [-0.05, 0) is 58.0 Å². The van der Waals surface area contributed by atoms with E-state index in [0.717, 1.165) is 71.1 Å². The van der Waals surface area contributed by atoms with Crippen LogP contribution in [-0.4, -0.2) is 62.9 Å². The van der Waals surface area contributed by atoms with Crippen LogP contribution in [0, 0.1) is 11.8 Å². The highest BCUT2D eigenvalue weighted by Crippen LogP contribution is 2.23. The molecule has 0 bridgehead atoms. The van der Waals surface area contributed by atoms with Crippen molar-refractivity contribution in [1.29, 1.82) is 0 Å². The second-order valence-corrected chi connectivity index (χ2v) is 15.0. The van der Waals surface area contributed by atoms with Gasteiger partial charge in [-0.25, -0.2) is 0 Å². The Morgan fingerprint density at radius 2 is 1.10 bits per heavy atom. The smallest absolute Gasteiger partial charge is 0.311 e. The van der Waals surface area contributed by atoms with Crippen LogP contribution in [0.3, 0.4) is 0 Å². The highest BCUT2D eigenvalue weighted by molar-refractivity contribution is 5.73. The summed E-state index contributed by atoms with van der Waals surface area (Å²) in [5.41, 5.74) is 0. The van der Waals surface area contributed by atoms with E-state index in [1.54, 1.807) is 0 Å². The third kappa shape index (κ3) is 25.8. The number of hydrogen-bond donors (Lipinski definition) is 0. The first-order chi connectivity index (χ1) is 23.5. The van der Waals surface area contributed by atoms with Crippen molar-refractivity contribution in [2.24, 2.45) is 11.8 Å². The van der Waals surface area contributed by atoms with Gasteiger partial charge in [0.05, 0.1) is 25.2 Å². The number of rotatable bonds is 34. The molecular weight excluding hydrogens is 598 g/mol. The average molecular weight is 680 g/mol. The summed E-state index contributed by atoms with van der Waals surface area (Å²) < 4.78 is 17.7. The van der Waals surface area contributed by atoms with Gasteiger partial charge in [-0.1, -0.05) is 156 Å². The predicted octanol–water partition coefficient (Wildman–Crippen LogP) is 11.6. The largest absolute Gasteiger partial charge is 0.465 e. The first-order valence-electron chi connectivity index (χ1n) is 21.1. The van der Waals surface area contributed by atoms with E-state index in [4.69, 9.17) is 14.2 Å². The van der Waals surface area contributed by atoms with Gasteiger partial charge >= 0.3 is 11.9 Å². The van der Waals surface area contributed by atoms with E-state index in [1.807, 2.05) is 0 Å². The molecule has 0 aromatic rings. The van der Waals surface area contributed by atoms with E-state index in [0.29, 0.717) is 25.6 Å². The number of hydrogen-bond acceptors (Lipinski definition) is 6. The molecule has 1 heterocycles. The summed E-state index contributed by atoms with van der Waals surface area (Å²) in [5.74, 6) is 0.326. The van der Waals surface area contributed by atoms with Gasteiger partial charge < -0.3 is 19.1 Å².